The van der Waals surface area contributed by atoms with Crippen LogP contribution >= 0.6 is 11.6 Å². The largest absolute Gasteiger partial charge is 0.457 e. The van der Waals surface area contributed by atoms with Gasteiger partial charge in [0.2, 0.25) is 10.0 Å². The molecule has 0 aromatic heterocycles. The van der Waals surface area contributed by atoms with E-state index in [4.69, 9.17) is 16.3 Å². The van der Waals surface area contributed by atoms with E-state index in [0.29, 0.717) is 5.56 Å². The number of carbonyl (C=O) groups excluding carboxylic acids is 1. The minimum absolute atomic E-state index is 0.00935. The smallest absolute Gasteiger partial charge is 0.338 e. The second-order valence-corrected chi connectivity index (χ2v) is 7.85. The van der Waals surface area contributed by atoms with Crippen LogP contribution in [-0.4, -0.2) is 20.4 Å². The van der Waals surface area contributed by atoms with Crippen LogP contribution in [0.4, 0.5) is 4.39 Å². The van der Waals surface area contributed by atoms with Gasteiger partial charge in [-0.15, -0.1) is 0 Å². The molecule has 1 aliphatic rings. The summed E-state index contributed by atoms with van der Waals surface area (Å²) in [6.07, 6.45) is 1.69. The first-order valence-corrected chi connectivity index (χ1v) is 9.45. The maximum Gasteiger partial charge on any atom is 0.338 e. The van der Waals surface area contributed by atoms with E-state index < -0.39 is 21.8 Å². The van der Waals surface area contributed by atoms with Crippen molar-refractivity contribution in [2.24, 2.45) is 0 Å². The van der Waals surface area contributed by atoms with Crippen molar-refractivity contribution in [2.75, 3.05) is 0 Å². The molecular weight excluding hydrogens is 369 g/mol. The average Bonchev–Trinajstić information content (AvgIpc) is 3.37. The Balaban J connectivity index is 1.64. The molecule has 5 nitrogen and oxygen atoms in total. The van der Waals surface area contributed by atoms with Crippen LogP contribution in [0.1, 0.15) is 28.8 Å². The SMILES string of the molecule is O=C(OCc1ccc(F)cc1Cl)c1ccc(S(=O)(=O)NC2CC2)cc1. The van der Waals surface area contributed by atoms with Gasteiger partial charge < -0.3 is 4.74 Å². The molecule has 1 saturated carbocycles. The fraction of sp³-hybridized carbons (Fsp3) is 0.235. The van der Waals surface area contributed by atoms with E-state index in [9.17, 15) is 17.6 Å². The highest BCUT2D eigenvalue weighted by atomic mass is 35.5. The number of esters is 1. The van der Waals surface area contributed by atoms with Crippen LogP contribution in [-0.2, 0) is 21.4 Å². The minimum atomic E-state index is -3.56. The first-order chi connectivity index (χ1) is 11.8. The molecule has 0 saturated heterocycles. The molecule has 2 aromatic carbocycles. The van der Waals surface area contributed by atoms with E-state index in [0.717, 1.165) is 18.9 Å². The number of ether oxygens (including phenoxy) is 1. The molecule has 3 rings (SSSR count). The molecule has 25 heavy (non-hydrogen) atoms. The van der Waals surface area contributed by atoms with Crippen LogP contribution in [0.25, 0.3) is 0 Å². The van der Waals surface area contributed by atoms with Crippen molar-refractivity contribution in [2.45, 2.75) is 30.4 Å². The van der Waals surface area contributed by atoms with Gasteiger partial charge >= 0.3 is 5.97 Å². The maximum atomic E-state index is 13.0. The van der Waals surface area contributed by atoms with Crippen molar-refractivity contribution >= 4 is 27.6 Å². The maximum absolute atomic E-state index is 13.0. The van der Waals surface area contributed by atoms with E-state index in [1.165, 1.54) is 36.4 Å². The zero-order valence-corrected chi connectivity index (χ0v) is 14.6. The highest BCUT2D eigenvalue weighted by Crippen LogP contribution is 2.22. The fourth-order valence-electron chi connectivity index (χ4n) is 2.12. The Kier molecular flexibility index (Phi) is 5.08. The third-order valence-corrected chi connectivity index (χ3v) is 5.56. The van der Waals surface area contributed by atoms with E-state index in [-0.39, 0.29) is 28.1 Å². The lowest BCUT2D eigenvalue weighted by Crippen LogP contribution is -2.25. The molecule has 1 N–H and O–H groups in total. The molecule has 0 radical (unpaired) electrons. The van der Waals surface area contributed by atoms with Gasteiger partial charge in [0.15, 0.2) is 0 Å². The molecule has 0 unspecified atom stereocenters. The number of benzene rings is 2. The quantitative estimate of drug-likeness (QED) is 0.777. The summed E-state index contributed by atoms with van der Waals surface area (Å²) in [5.74, 6) is -1.10. The molecule has 8 heteroatoms. The number of sulfonamides is 1. The Labute approximate surface area is 149 Å². The van der Waals surface area contributed by atoms with Gasteiger partial charge in [-0.3, -0.25) is 0 Å². The predicted octanol–water partition coefficient (Wildman–Crippen LogP) is 3.28. The minimum Gasteiger partial charge on any atom is -0.457 e. The Hall–Kier alpha value is -1.96. The van der Waals surface area contributed by atoms with Gasteiger partial charge in [-0.2, -0.15) is 0 Å². The third kappa shape index (κ3) is 4.56. The van der Waals surface area contributed by atoms with Crippen LogP contribution in [0.15, 0.2) is 47.4 Å². The van der Waals surface area contributed by atoms with Crippen LogP contribution in [0, 0.1) is 5.82 Å². The number of hydrogen-bond donors (Lipinski definition) is 1. The van der Waals surface area contributed by atoms with Gasteiger partial charge in [-0.05, 0) is 49.2 Å². The predicted molar refractivity (Wildman–Crippen MR) is 90.3 cm³/mol. The van der Waals surface area contributed by atoms with E-state index in [1.807, 2.05) is 0 Å². The monoisotopic (exact) mass is 383 g/mol. The summed E-state index contributed by atoms with van der Waals surface area (Å²) >= 11 is 5.87. The molecule has 1 fully saturated rings. The summed E-state index contributed by atoms with van der Waals surface area (Å²) in [6, 6.07) is 9.28. The van der Waals surface area contributed by atoms with E-state index in [1.54, 1.807) is 0 Å². The Morgan fingerprint density at radius 2 is 1.88 bits per heavy atom. The molecular formula is C17H15ClFNO4S. The van der Waals surface area contributed by atoms with Crippen molar-refractivity contribution in [3.05, 3.63) is 64.4 Å². The lowest BCUT2D eigenvalue weighted by molar-refractivity contribution is 0.0472. The van der Waals surface area contributed by atoms with Crippen molar-refractivity contribution in [3.63, 3.8) is 0 Å². The van der Waals surface area contributed by atoms with Gasteiger partial charge in [0.05, 0.1) is 15.5 Å². The standard InChI is InChI=1S/C17H15ClFNO4S/c18-16-9-13(19)4-1-12(16)10-24-17(21)11-2-7-15(8-3-11)25(22,23)20-14-5-6-14/h1-4,7-9,14,20H,5-6,10H2. The van der Waals surface area contributed by atoms with E-state index in [2.05, 4.69) is 4.72 Å². The molecule has 0 aliphatic heterocycles. The Bertz CT molecular complexity index is 895. The first kappa shape index (κ1) is 17.8. The number of halogens is 2. The average molecular weight is 384 g/mol. The summed E-state index contributed by atoms with van der Waals surface area (Å²) in [4.78, 5) is 12.1. The second-order valence-electron chi connectivity index (χ2n) is 5.73. The van der Waals surface area contributed by atoms with Gasteiger partial charge in [0, 0.05) is 11.6 Å². The normalized spacial score (nSPS) is 14.3. The van der Waals surface area contributed by atoms with Gasteiger partial charge in [0.25, 0.3) is 0 Å². The second kappa shape index (κ2) is 7.11. The number of carbonyl (C=O) groups is 1. The number of rotatable bonds is 6. The topological polar surface area (TPSA) is 72.5 Å². The lowest BCUT2D eigenvalue weighted by Gasteiger charge is -2.08. The van der Waals surface area contributed by atoms with Crippen LogP contribution in [0.3, 0.4) is 0 Å². The van der Waals surface area contributed by atoms with Crippen LogP contribution in [0.5, 0.6) is 0 Å². The van der Waals surface area contributed by atoms with Crippen LogP contribution < -0.4 is 4.72 Å². The Morgan fingerprint density at radius 1 is 1.20 bits per heavy atom. The van der Waals surface area contributed by atoms with Crippen molar-refractivity contribution in [1.29, 1.82) is 0 Å². The molecule has 0 heterocycles. The molecule has 0 amide bonds. The lowest BCUT2D eigenvalue weighted by atomic mass is 10.2. The fourth-order valence-corrected chi connectivity index (χ4v) is 3.65. The highest BCUT2D eigenvalue weighted by Gasteiger charge is 2.28. The molecule has 0 spiro atoms. The molecule has 1 aliphatic carbocycles. The van der Waals surface area contributed by atoms with Crippen LogP contribution in [0.2, 0.25) is 5.02 Å². The number of nitrogens with one attached hydrogen (secondary N) is 1. The van der Waals surface area contributed by atoms with Crippen molar-refractivity contribution < 1.29 is 22.3 Å². The molecule has 132 valence electrons. The Morgan fingerprint density at radius 3 is 2.48 bits per heavy atom. The summed E-state index contributed by atoms with van der Waals surface area (Å²) in [6.45, 7) is -0.110. The summed E-state index contributed by atoms with van der Waals surface area (Å²) in [7, 11) is -3.56. The zero-order chi connectivity index (χ0) is 18.0. The summed E-state index contributed by atoms with van der Waals surface area (Å²) in [5, 5.41) is 0.167. The summed E-state index contributed by atoms with van der Waals surface area (Å²) in [5.41, 5.74) is 0.688. The number of hydrogen-bond acceptors (Lipinski definition) is 4. The van der Waals surface area contributed by atoms with Crippen molar-refractivity contribution in [3.8, 4) is 0 Å². The first-order valence-electron chi connectivity index (χ1n) is 7.58. The third-order valence-electron chi connectivity index (χ3n) is 3.67. The molecule has 0 bridgehead atoms. The molecule has 2 aromatic rings. The van der Waals surface area contributed by atoms with Gasteiger partial charge in [-0.1, -0.05) is 17.7 Å². The van der Waals surface area contributed by atoms with Gasteiger partial charge in [0.1, 0.15) is 12.4 Å². The highest BCUT2D eigenvalue weighted by molar-refractivity contribution is 7.89. The van der Waals surface area contributed by atoms with Crippen molar-refractivity contribution in [1.82, 2.24) is 4.72 Å². The van der Waals surface area contributed by atoms with E-state index >= 15 is 0 Å². The summed E-state index contributed by atoms with van der Waals surface area (Å²) < 4.78 is 44.8. The van der Waals surface area contributed by atoms with Gasteiger partial charge in [-0.25, -0.2) is 22.3 Å². The molecule has 0 atom stereocenters. The zero-order valence-electron chi connectivity index (χ0n) is 13.0.